The Balaban J connectivity index is 1.76. The predicted molar refractivity (Wildman–Crippen MR) is 73.5 cm³/mol. The van der Waals surface area contributed by atoms with Gasteiger partial charge in [-0.3, -0.25) is 0 Å². The van der Waals surface area contributed by atoms with Gasteiger partial charge >= 0.3 is 5.97 Å². The molecule has 0 aromatic carbocycles. The summed E-state index contributed by atoms with van der Waals surface area (Å²) in [6.45, 7) is 1.88. The zero-order valence-electron chi connectivity index (χ0n) is 11.1. The maximum Gasteiger partial charge on any atom is 0.339 e. The van der Waals surface area contributed by atoms with E-state index in [1.165, 1.54) is 38.5 Å². The molecule has 2 heterocycles. The average molecular weight is 260 g/mol. The SMILES string of the molecule is O=C(O)c1cccnc1N1CCC2(CCCC2)CC1. The summed E-state index contributed by atoms with van der Waals surface area (Å²) in [5.74, 6) is -0.243. The van der Waals surface area contributed by atoms with Gasteiger partial charge in [0.2, 0.25) is 0 Å². The molecule has 3 rings (SSSR count). The molecule has 2 aliphatic rings. The van der Waals surface area contributed by atoms with Crippen molar-refractivity contribution in [2.24, 2.45) is 5.41 Å². The van der Waals surface area contributed by atoms with Gasteiger partial charge in [-0.05, 0) is 43.2 Å². The molecule has 2 fully saturated rings. The molecule has 0 unspecified atom stereocenters. The Kier molecular flexibility index (Phi) is 3.17. The number of carbonyl (C=O) groups is 1. The van der Waals surface area contributed by atoms with Crippen LogP contribution in [0.1, 0.15) is 48.9 Å². The lowest BCUT2D eigenvalue weighted by Gasteiger charge is -2.40. The van der Waals surface area contributed by atoms with Crippen LogP contribution < -0.4 is 4.90 Å². The average Bonchev–Trinajstić information content (AvgIpc) is 2.88. The van der Waals surface area contributed by atoms with Crippen LogP contribution in [0.5, 0.6) is 0 Å². The molecule has 1 aliphatic carbocycles. The molecule has 1 N–H and O–H groups in total. The molecule has 0 amide bonds. The maximum absolute atomic E-state index is 11.2. The van der Waals surface area contributed by atoms with Crippen LogP contribution >= 0.6 is 0 Å². The van der Waals surface area contributed by atoms with Crippen LogP contribution in [0.15, 0.2) is 18.3 Å². The Morgan fingerprint density at radius 3 is 2.53 bits per heavy atom. The first-order chi connectivity index (χ1) is 9.20. The van der Waals surface area contributed by atoms with E-state index in [4.69, 9.17) is 0 Å². The first-order valence-corrected chi connectivity index (χ1v) is 7.14. The van der Waals surface area contributed by atoms with E-state index in [1.54, 1.807) is 18.3 Å². The van der Waals surface area contributed by atoms with Gasteiger partial charge in [0, 0.05) is 19.3 Å². The Morgan fingerprint density at radius 2 is 1.89 bits per heavy atom. The van der Waals surface area contributed by atoms with Crippen molar-refractivity contribution >= 4 is 11.8 Å². The van der Waals surface area contributed by atoms with Gasteiger partial charge < -0.3 is 10.0 Å². The Bertz CT molecular complexity index is 471. The van der Waals surface area contributed by atoms with Gasteiger partial charge in [0.05, 0.1) is 0 Å². The van der Waals surface area contributed by atoms with Gasteiger partial charge in [0.1, 0.15) is 11.4 Å². The molecule has 19 heavy (non-hydrogen) atoms. The fourth-order valence-electron chi connectivity index (χ4n) is 3.63. The number of rotatable bonds is 2. The molecule has 1 aromatic rings. The second-order valence-electron chi connectivity index (χ2n) is 5.87. The minimum atomic E-state index is -0.885. The first-order valence-electron chi connectivity index (χ1n) is 7.14. The largest absolute Gasteiger partial charge is 0.478 e. The van der Waals surface area contributed by atoms with Crippen LogP contribution in [0.3, 0.4) is 0 Å². The number of anilines is 1. The van der Waals surface area contributed by atoms with Crippen LogP contribution in [0.2, 0.25) is 0 Å². The van der Waals surface area contributed by atoms with Crippen molar-refractivity contribution in [3.05, 3.63) is 23.9 Å². The number of pyridine rings is 1. The summed E-state index contributed by atoms with van der Waals surface area (Å²) in [6, 6.07) is 3.33. The normalized spacial score (nSPS) is 21.8. The van der Waals surface area contributed by atoms with Gasteiger partial charge in [-0.2, -0.15) is 0 Å². The predicted octanol–water partition coefficient (Wildman–Crippen LogP) is 2.94. The molecular weight excluding hydrogens is 240 g/mol. The van der Waals surface area contributed by atoms with Gasteiger partial charge in [-0.15, -0.1) is 0 Å². The van der Waals surface area contributed by atoms with Crippen molar-refractivity contribution in [2.45, 2.75) is 38.5 Å². The van der Waals surface area contributed by atoms with Crippen LogP contribution in [0.25, 0.3) is 0 Å². The van der Waals surface area contributed by atoms with Gasteiger partial charge in [0.25, 0.3) is 0 Å². The molecule has 0 atom stereocenters. The molecule has 1 spiro atoms. The topological polar surface area (TPSA) is 53.4 Å². The van der Waals surface area contributed by atoms with E-state index in [1.807, 2.05) is 0 Å². The van der Waals surface area contributed by atoms with Crippen molar-refractivity contribution in [1.29, 1.82) is 0 Å². The number of aromatic carboxylic acids is 1. The maximum atomic E-state index is 11.2. The van der Waals surface area contributed by atoms with E-state index in [0.717, 1.165) is 13.1 Å². The van der Waals surface area contributed by atoms with Crippen molar-refractivity contribution in [3.63, 3.8) is 0 Å². The highest BCUT2D eigenvalue weighted by Gasteiger charge is 2.37. The third kappa shape index (κ3) is 2.31. The molecule has 1 aromatic heterocycles. The second kappa shape index (κ2) is 4.83. The van der Waals surface area contributed by atoms with Crippen LogP contribution in [0, 0.1) is 5.41 Å². The number of aromatic nitrogens is 1. The summed E-state index contributed by atoms with van der Waals surface area (Å²) >= 11 is 0. The number of carboxylic acid groups (broad SMARTS) is 1. The standard InChI is InChI=1S/C15H20N2O2/c18-14(19)12-4-3-9-16-13(12)17-10-7-15(8-11-17)5-1-2-6-15/h3-4,9H,1-2,5-8,10-11H2,(H,18,19). The second-order valence-corrected chi connectivity index (χ2v) is 5.87. The minimum Gasteiger partial charge on any atom is -0.478 e. The third-order valence-electron chi connectivity index (χ3n) is 4.80. The van der Waals surface area contributed by atoms with Crippen molar-refractivity contribution < 1.29 is 9.90 Å². The van der Waals surface area contributed by atoms with E-state index in [0.29, 0.717) is 16.8 Å². The smallest absolute Gasteiger partial charge is 0.339 e. The lowest BCUT2D eigenvalue weighted by molar-refractivity contribution is 0.0697. The zero-order valence-corrected chi connectivity index (χ0v) is 11.1. The molecule has 102 valence electrons. The van der Waals surface area contributed by atoms with E-state index in [2.05, 4.69) is 9.88 Å². The fourth-order valence-corrected chi connectivity index (χ4v) is 3.63. The van der Waals surface area contributed by atoms with Crippen LogP contribution in [-0.4, -0.2) is 29.1 Å². The molecule has 0 radical (unpaired) electrons. The van der Waals surface area contributed by atoms with E-state index in [9.17, 15) is 9.90 Å². The highest BCUT2D eigenvalue weighted by atomic mass is 16.4. The summed E-state index contributed by atoms with van der Waals surface area (Å²) < 4.78 is 0. The number of piperidine rings is 1. The van der Waals surface area contributed by atoms with Crippen molar-refractivity contribution in [2.75, 3.05) is 18.0 Å². The monoisotopic (exact) mass is 260 g/mol. The lowest BCUT2D eigenvalue weighted by Crippen LogP contribution is -2.39. The summed E-state index contributed by atoms with van der Waals surface area (Å²) in [5, 5.41) is 9.23. The van der Waals surface area contributed by atoms with Crippen molar-refractivity contribution in [3.8, 4) is 0 Å². The third-order valence-corrected chi connectivity index (χ3v) is 4.80. The number of hydrogen-bond acceptors (Lipinski definition) is 3. The fraction of sp³-hybridized carbons (Fsp3) is 0.600. The minimum absolute atomic E-state index is 0.324. The van der Waals surface area contributed by atoms with Gasteiger partial charge in [-0.25, -0.2) is 9.78 Å². The van der Waals surface area contributed by atoms with E-state index >= 15 is 0 Å². The molecule has 4 nitrogen and oxygen atoms in total. The summed E-state index contributed by atoms with van der Waals surface area (Å²) in [7, 11) is 0. The Morgan fingerprint density at radius 1 is 1.21 bits per heavy atom. The van der Waals surface area contributed by atoms with Crippen LogP contribution in [0.4, 0.5) is 5.82 Å². The number of nitrogens with zero attached hydrogens (tertiary/aromatic N) is 2. The Hall–Kier alpha value is -1.58. The number of hydrogen-bond donors (Lipinski definition) is 1. The van der Waals surface area contributed by atoms with E-state index < -0.39 is 5.97 Å². The summed E-state index contributed by atoms with van der Waals surface area (Å²) in [5.41, 5.74) is 0.874. The molecule has 0 bridgehead atoms. The highest BCUT2D eigenvalue weighted by molar-refractivity contribution is 5.93. The number of carboxylic acids is 1. The lowest BCUT2D eigenvalue weighted by atomic mass is 9.77. The van der Waals surface area contributed by atoms with Gasteiger partial charge in [0.15, 0.2) is 0 Å². The molecule has 4 heteroatoms. The highest BCUT2D eigenvalue weighted by Crippen LogP contribution is 2.46. The molecule has 1 saturated carbocycles. The molecule has 1 saturated heterocycles. The summed E-state index contributed by atoms with van der Waals surface area (Å²) in [6.07, 6.45) is 9.49. The quantitative estimate of drug-likeness (QED) is 0.888. The van der Waals surface area contributed by atoms with Crippen molar-refractivity contribution in [1.82, 2.24) is 4.98 Å². The molecular formula is C15H20N2O2. The summed E-state index contributed by atoms with van der Waals surface area (Å²) in [4.78, 5) is 17.7. The van der Waals surface area contributed by atoms with Gasteiger partial charge in [-0.1, -0.05) is 12.8 Å². The zero-order chi connectivity index (χ0) is 13.3. The first kappa shape index (κ1) is 12.5. The Labute approximate surface area is 113 Å². The van der Waals surface area contributed by atoms with Crippen LogP contribution in [-0.2, 0) is 0 Å². The molecule has 1 aliphatic heterocycles. The van der Waals surface area contributed by atoms with E-state index in [-0.39, 0.29) is 0 Å².